The molecule has 1 aromatic carbocycles. The zero-order valence-electron chi connectivity index (χ0n) is 14.7. The lowest BCUT2D eigenvalue weighted by Crippen LogP contribution is -2.48. The molecule has 26 heavy (non-hydrogen) atoms. The van der Waals surface area contributed by atoms with E-state index in [9.17, 15) is 13.2 Å². The molecule has 0 spiro atoms. The van der Waals surface area contributed by atoms with Gasteiger partial charge in [-0.05, 0) is 50.2 Å². The quantitative estimate of drug-likeness (QED) is 0.860. The van der Waals surface area contributed by atoms with Crippen molar-refractivity contribution in [2.24, 2.45) is 0 Å². The molecule has 140 valence electrons. The molecule has 0 saturated carbocycles. The Morgan fingerprint density at radius 1 is 1.15 bits per heavy atom. The summed E-state index contributed by atoms with van der Waals surface area (Å²) in [6.07, 6.45) is 1.23. The first-order chi connectivity index (χ1) is 12.4. The summed E-state index contributed by atoms with van der Waals surface area (Å²) in [6.45, 7) is 4.61. The van der Waals surface area contributed by atoms with E-state index in [1.807, 2.05) is 13.8 Å². The van der Waals surface area contributed by atoms with Crippen LogP contribution in [0.1, 0.15) is 30.0 Å². The Hall–Kier alpha value is -2.16. The molecule has 8 heteroatoms. The first-order valence-corrected chi connectivity index (χ1v) is 9.86. The zero-order chi connectivity index (χ0) is 18.7. The first kappa shape index (κ1) is 18.6. The van der Waals surface area contributed by atoms with Crippen molar-refractivity contribution in [2.45, 2.75) is 37.5 Å². The number of furan rings is 1. The molecule has 0 unspecified atom stereocenters. The number of hydrogen-bond acceptors (Lipinski definition) is 5. The average Bonchev–Trinajstić information content (AvgIpc) is 3.12. The van der Waals surface area contributed by atoms with Gasteiger partial charge in [0.15, 0.2) is 0 Å². The van der Waals surface area contributed by atoms with Gasteiger partial charge in [0.1, 0.15) is 5.76 Å². The number of benzene rings is 1. The minimum absolute atomic E-state index is 0.153. The van der Waals surface area contributed by atoms with Gasteiger partial charge >= 0.3 is 0 Å². The lowest BCUT2D eigenvalue weighted by atomic mass is 10.2. The Balaban J connectivity index is 1.69. The molecule has 1 fully saturated rings. The summed E-state index contributed by atoms with van der Waals surface area (Å²) in [7, 11) is -3.61. The smallest absolute Gasteiger partial charge is 0.251 e. The molecule has 1 amide bonds. The monoisotopic (exact) mass is 378 g/mol. The molecule has 1 aromatic heterocycles. The largest absolute Gasteiger partial charge is 0.467 e. The molecule has 0 radical (unpaired) electrons. The van der Waals surface area contributed by atoms with Gasteiger partial charge < -0.3 is 14.5 Å². The number of amides is 1. The second-order valence-corrected chi connectivity index (χ2v) is 8.30. The van der Waals surface area contributed by atoms with Gasteiger partial charge in [-0.3, -0.25) is 4.79 Å². The minimum atomic E-state index is -3.61. The predicted molar refractivity (Wildman–Crippen MR) is 95.1 cm³/mol. The molecule has 2 aromatic rings. The lowest BCUT2D eigenvalue weighted by molar-refractivity contribution is -0.0440. The molecule has 0 aliphatic carbocycles. The van der Waals surface area contributed by atoms with Crippen molar-refractivity contribution >= 4 is 15.9 Å². The summed E-state index contributed by atoms with van der Waals surface area (Å²) in [5.41, 5.74) is 0.388. The van der Waals surface area contributed by atoms with Crippen molar-refractivity contribution in [1.82, 2.24) is 9.62 Å². The summed E-state index contributed by atoms with van der Waals surface area (Å²) < 4.78 is 37.8. The Kier molecular flexibility index (Phi) is 5.45. The molecule has 2 heterocycles. The van der Waals surface area contributed by atoms with E-state index in [0.717, 1.165) is 0 Å². The van der Waals surface area contributed by atoms with E-state index in [1.165, 1.54) is 34.8 Å². The summed E-state index contributed by atoms with van der Waals surface area (Å²) in [6, 6.07) is 9.45. The van der Waals surface area contributed by atoms with Gasteiger partial charge in [0.25, 0.3) is 5.91 Å². The second kappa shape index (κ2) is 7.61. The van der Waals surface area contributed by atoms with Crippen molar-refractivity contribution < 1.29 is 22.4 Å². The van der Waals surface area contributed by atoms with Crippen LogP contribution in [0.2, 0.25) is 0 Å². The van der Waals surface area contributed by atoms with Gasteiger partial charge in [-0.1, -0.05) is 0 Å². The molecule has 1 aliphatic rings. The maximum absolute atomic E-state index is 12.8. The van der Waals surface area contributed by atoms with E-state index < -0.39 is 10.0 Å². The Morgan fingerprint density at radius 2 is 1.81 bits per heavy atom. The molecular formula is C18H22N2O5S. The van der Waals surface area contributed by atoms with E-state index in [0.29, 0.717) is 24.4 Å². The Morgan fingerprint density at radius 3 is 2.38 bits per heavy atom. The van der Waals surface area contributed by atoms with Gasteiger partial charge in [0.05, 0.1) is 29.9 Å². The molecule has 1 N–H and O–H groups in total. The van der Waals surface area contributed by atoms with Crippen LogP contribution in [0.3, 0.4) is 0 Å². The SMILES string of the molecule is C[C@@H]1CN(S(=O)(=O)c2ccc(C(=O)NCc3ccco3)cc2)C[C@H](C)O1. The molecule has 1 saturated heterocycles. The van der Waals surface area contributed by atoms with Crippen LogP contribution in [0.5, 0.6) is 0 Å². The third kappa shape index (κ3) is 4.14. The van der Waals surface area contributed by atoms with Crippen molar-refractivity contribution in [1.29, 1.82) is 0 Å². The van der Waals surface area contributed by atoms with Crippen LogP contribution in [-0.4, -0.2) is 43.9 Å². The third-order valence-corrected chi connectivity index (χ3v) is 5.99. The average molecular weight is 378 g/mol. The Labute approximate surface area is 153 Å². The fraction of sp³-hybridized carbons (Fsp3) is 0.389. The summed E-state index contributed by atoms with van der Waals surface area (Å²) in [5.74, 6) is 0.354. The van der Waals surface area contributed by atoms with Crippen LogP contribution in [0.25, 0.3) is 0 Å². The van der Waals surface area contributed by atoms with Crippen molar-refractivity contribution in [2.75, 3.05) is 13.1 Å². The highest BCUT2D eigenvalue weighted by Gasteiger charge is 2.32. The van der Waals surface area contributed by atoms with Crippen LogP contribution >= 0.6 is 0 Å². The van der Waals surface area contributed by atoms with E-state index >= 15 is 0 Å². The van der Waals surface area contributed by atoms with Crippen LogP contribution < -0.4 is 5.32 Å². The van der Waals surface area contributed by atoms with Gasteiger partial charge in [0.2, 0.25) is 10.0 Å². The van der Waals surface area contributed by atoms with Crippen molar-refractivity contribution in [3.63, 3.8) is 0 Å². The van der Waals surface area contributed by atoms with Crippen LogP contribution in [0, 0.1) is 0 Å². The second-order valence-electron chi connectivity index (χ2n) is 6.37. The molecule has 3 rings (SSSR count). The Bertz CT molecular complexity index is 836. The molecule has 1 aliphatic heterocycles. The van der Waals surface area contributed by atoms with E-state index in [1.54, 1.807) is 12.1 Å². The lowest BCUT2D eigenvalue weighted by Gasteiger charge is -2.34. The fourth-order valence-corrected chi connectivity index (χ4v) is 4.53. The highest BCUT2D eigenvalue weighted by molar-refractivity contribution is 7.89. The topological polar surface area (TPSA) is 88.9 Å². The molecular weight excluding hydrogens is 356 g/mol. The number of carbonyl (C=O) groups excluding carboxylic acids is 1. The number of ether oxygens (including phenoxy) is 1. The van der Waals surface area contributed by atoms with Gasteiger partial charge in [-0.25, -0.2) is 8.42 Å². The predicted octanol–water partition coefficient (Wildman–Crippen LogP) is 2.01. The van der Waals surface area contributed by atoms with E-state index in [-0.39, 0.29) is 29.6 Å². The van der Waals surface area contributed by atoms with E-state index in [2.05, 4.69) is 5.32 Å². The maximum atomic E-state index is 12.8. The van der Waals surface area contributed by atoms with Gasteiger partial charge in [0, 0.05) is 18.7 Å². The number of carbonyl (C=O) groups is 1. The number of morpholine rings is 1. The van der Waals surface area contributed by atoms with E-state index in [4.69, 9.17) is 9.15 Å². The summed E-state index contributed by atoms with van der Waals surface area (Å²) in [5, 5.41) is 2.73. The standard InChI is InChI=1S/C18H22N2O5S/c1-13-11-20(12-14(2)25-13)26(22,23)17-7-5-15(6-8-17)18(21)19-10-16-4-3-9-24-16/h3-9,13-14H,10-12H2,1-2H3,(H,19,21)/t13-,14+. The first-order valence-electron chi connectivity index (χ1n) is 8.42. The normalized spacial score (nSPS) is 21.5. The molecule has 7 nitrogen and oxygen atoms in total. The minimum Gasteiger partial charge on any atom is -0.467 e. The number of rotatable bonds is 5. The van der Waals surface area contributed by atoms with Crippen LogP contribution in [-0.2, 0) is 21.3 Å². The maximum Gasteiger partial charge on any atom is 0.251 e. The number of sulfonamides is 1. The summed E-state index contributed by atoms with van der Waals surface area (Å²) in [4.78, 5) is 12.3. The van der Waals surface area contributed by atoms with Crippen molar-refractivity contribution in [3.05, 3.63) is 54.0 Å². The fourth-order valence-electron chi connectivity index (χ4n) is 2.94. The van der Waals surface area contributed by atoms with Crippen LogP contribution in [0.4, 0.5) is 0 Å². The van der Waals surface area contributed by atoms with Gasteiger partial charge in [-0.15, -0.1) is 0 Å². The molecule has 0 bridgehead atoms. The van der Waals surface area contributed by atoms with Crippen molar-refractivity contribution in [3.8, 4) is 0 Å². The highest BCUT2D eigenvalue weighted by atomic mass is 32.2. The molecule has 2 atom stereocenters. The number of hydrogen-bond donors (Lipinski definition) is 1. The summed E-state index contributed by atoms with van der Waals surface area (Å²) >= 11 is 0. The third-order valence-electron chi connectivity index (χ3n) is 4.14. The van der Waals surface area contributed by atoms with Crippen LogP contribution in [0.15, 0.2) is 52.0 Å². The number of nitrogens with one attached hydrogen (secondary N) is 1. The van der Waals surface area contributed by atoms with Gasteiger partial charge in [-0.2, -0.15) is 4.31 Å². The number of nitrogens with zero attached hydrogens (tertiary/aromatic N) is 1. The zero-order valence-corrected chi connectivity index (χ0v) is 15.5. The highest BCUT2D eigenvalue weighted by Crippen LogP contribution is 2.21.